The van der Waals surface area contributed by atoms with Crippen molar-refractivity contribution in [3.63, 3.8) is 0 Å². The molecule has 0 fully saturated rings. The van der Waals surface area contributed by atoms with Gasteiger partial charge in [-0.2, -0.15) is 0 Å². The van der Waals surface area contributed by atoms with Gasteiger partial charge in [-0.3, -0.25) is 4.79 Å². The topological polar surface area (TPSA) is 46.5 Å². The molecule has 3 aromatic rings. The lowest BCUT2D eigenvalue weighted by Gasteiger charge is -2.14. The zero-order valence-electron chi connectivity index (χ0n) is 17.7. The summed E-state index contributed by atoms with van der Waals surface area (Å²) < 4.78 is 7.57. The Hall–Kier alpha value is -2.11. The summed E-state index contributed by atoms with van der Waals surface area (Å²) in [5, 5.41) is 10.1. The van der Waals surface area contributed by atoms with Gasteiger partial charge in [-0.1, -0.05) is 88.2 Å². The minimum atomic E-state index is 0.0563. The number of halogens is 2. The van der Waals surface area contributed by atoms with Crippen molar-refractivity contribution in [3.8, 4) is 11.5 Å². The predicted molar refractivity (Wildman–Crippen MR) is 132 cm³/mol. The lowest BCUT2D eigenvalue weighted by Crippen LogP contribution is -2.12. The third-order valence-corrected chi connectivity index (χ3v) is 6.56. The average Bonchev–Trinajstić information content (AvgIpc) is 2.75. The standard InChI is InChI=1S/C26H26Br2O3/c1-17(2)22-12-19(9-11-26(22)30)13-23-24(27)14-21(15-25(23)28)31-16-20(29)10-8-18-6-4-3-5-7-18/h3-7,9,11-12,14-15,17,30H,8,10,13,16H2,1-2H3. The largest absolute Gasteiger partial charge is 0.508 e. The van der Waals surface area contributed by atoms with Gasteiger partial charge in [0.25, 0.3) is 0 Å². The van der Waals surface area contributed by atoms with Gasteiger partial charge in [0.1, 0.15) is 18.1 Å². The van der Waals surface area contributed by atoms with Crippen LogP contribution in [0.15, 0.2) is 69.6 Å². The molecule has 5 heteroatoms. The highest BCUT2D eigenvalue weighted by molar-refractivity contribution is 9.11. The second kappa shape index (κ2) is 11.0. The first-order chi connectivity index (χ1) is 14.8. The highest BCUT2D eigenvalue weighted by Crippen LogP contribution is 2.34. The molecule has 0 radical (unpaired) electrons. The van der Waals surface area contributed by atoms with Crippen LogP contribution in [0.1, 0.15) is 48.4 Å². The number of carbonyl (C=O) groups excluding carboxylic acids is 1. The van der Waals surface area contributed by atoms with Crippen LogP contribution < -0.4 is 4.74 Å². The smallest absolute Gasteiger partial charge is 0.170 e. The maximum absolute atomic E-state index is 12.2. The van der Waals surface area contributed by atoms with E-state index < -0.39 is 0 Å². The summed E-state index contributed by atoms with van der Waals surface area (Å²) in [7, 11) is 0. The molecule has 0 heterocycles. The maximum Gasteiger partial charge on any atom is 0.170 e. The summed E-state index contributed by atoms with van der Waals surface area (Å²) in [6, 6.07) is 19.5. The van der Waals surface area contributed by atoms with E-state index in [-0.39, 0.29) is 18.3 Å². The summed E-state index contributed by atoms with van der Waals surface area (Å²) in [6.45, 7) is 4.19. The Labute approximate surface area is 200 Å². The number of hydrogen-bond acceptors (Lipinski definition) is 3. The highest BCUT2D eigenvalue weighted by Gasteiger charge is 2.13. The Morgan fingerprint density at radius 2 is 1.65 bits per heavy atom. The fourth-order valence-corrected chi connectivity index (χ4v) is 4.80. The molecule has 0 atom stereocenters. The number of Topliss-reactive ketones (excluding diaryl/α,β-unsaturated/α-hetero) is 1. The Bertz CT molecular complexity index is 1020. The first-order valence-electron chi connectivity index (χ1n) is 10.3. The van der Waals surface area contributed by atoms with Crippen LogP contribution >= 0.6 is 31.9 Å². The number of phenolic OH excluding ortho intramolecular Hbond substituents is 1. The Morgan fingerprint density at radius 3 is 2.29 bits per heavy atom. The number of aryl methyl sites for hydroxylation is 1. The molecule has 1 N–H and O–H groups in total. The zero-order chi connectivity index (χ0) is 22.4. The molecule has 0 spiro atoms. The van der Waals surface area contributed by atoms with Crippen molar-refractivity contribution in [1.82, 2.24) is 0 Å². The average molecular weight is 546 g/mol. The molecule has 31 heavy (non-hydrogen) atoms. The zero-order valence-corrected chi connectivity index (χ0v) is 20.9. The van der Waals surface area contributed by atoms with Crippen LogP contribution in [0.2, 0.25) is 0 Å². The van der Waals surface area contributed by atoms with Crippen molar-refractivity contribution in [1.29, 1.82) is 0 Å². The number of ketones is 1. The lowest BCUT2D eigenvalue weighted by molar-refractivity contribution is -0.121. The molecule has 3 rings (SSSR count). The molecule has 3 aromatic carbocycles. The molecule has 0 amide bonds. The van der Waals surface area contributed by atoms with Crippen LogP contribution in [0.3, 0.4) is 0 Å². The molecule has 162 valence electrons. The molecule has 0 aliphatic rings. The van der Waals surface area contributed by atoms with Gasteiger partial charge in [0.05, 0.1) is 0 Å². The predicted octanol–water partition coefficient (Wildman–Crippen LogP) is 7.21. The van der Waals surface area contributed by atoms with Crippen molar-refractivity contribution < 1.29 is 14.6 Å². The van der Waals surface area contributed by atoms with E-state index in [0.29, 0.717) is 24.3 Å². The van der Waals surface area contributed by atoms with Crippen LogP contribution in [-0.2, 0) is 17.6 Å². The number of benzene rings is 3. The molecule has 3 nitrogen and oxygen atoms in total. The van der Waals surface area contributed by atoms with Gasteiger partial charge < -0.3 is 9.84 Å². The van der Waals surface area contributed by atoms with Crippen LogP contribution in [0.25, 0.3) is 0 Å². The Balaban J connectivity index is 1.62. The fourth-order valence-electron chi connectivity index (χ4n) is 3.38. The van der Waals surface area contributed by atoms with E-state index in [9.17, 15) is 9.90 Å². The van der Waals surface area contributed by atoms with Gasteiger partial charge in [-0.25, -0.2) is 0 Å². The number of ether oxygens (including phenoxy) is 1. The summed E-state index contributed by atoms with van der Waals surface area (Å²) in [5.41, 5.74) is 4.30. The van der Waals surface area contributed by atoms with E-state index in [1.807, 2.05) is 48.5 Å². The first-order valence-corrected chi connectivity index (χ1v) is 11.9. The van der Waals surface area contributed by atoms with Gasteiger partial charge in [0.2, 0.25) is 0 Å². The van der Waals surface area contributed by atoms with Gasteiger partial charge in [0, 0.05) is 15.4 Å². The minimum absolute atomic E-state index is 0.0563. The SMILES string of the molecule is CC(C)c1cc(Cc2c(Br)cc(OCC(=O)CCc3ccccc3)cc2Br)ccc1O. The number of carbonyl (C=O) groups is 1. The molecular formula is C26H26Br2O3. The normalized spacial score (nSPS) is 11.0. The van der Waals surface area contributed by atoms with E-state index in [0.717, 1.165) is 37.6 Å². The lowest BCUT2D eigenvalue weighted by atomic mass is 9.96. The monoisotopic (exact) mass is 544 g/mol. The minimum Gasteiger partial charge on any atom is -0.508 e. The van der Waals surface area contributed by atoms with E-state index in [1.54, 1.807) is 6.07 Å². The summed E-state index contributed by atoms with van der Waals surface area (Å²) in [6.07, 6.45) is 1.89. The maximum atomic E-state index is 12.2. The summed E-state index contributed by atoms with van der Waals surface area (Å²) in [5.74, 6) is 1.30. The summed E-state index contributed by atoms with van der Waals surface area (Å²) >= 11 is 7.28. The van der Waals surface area contributed by atoms with E-state index >= 15 is 0 Å². The molecule has 0 bridgehead atoms. The summed E-state index contributed by atoms with van der Waals surface area (Å²) in [4.78, 5) is 12.2. The van der Waals surface area contributed by atoms with Crippen molar-refractivity contribution in [2.75, 3.05) is 6.61 Å². The molecule has 0 aromatic heterocycles. The second-order valence-corrected chi connectivity index (χ2v) is 9.61. The first kappa shape index (κ1) is 23.6. The Morgan fingerprint density at radius 1 is 0.968 bits per heavy atom. The van der Waals surface area contributed by atoms with Gasteiger partial charge in [-0.05, 0) is 59.2 Å². The molecule has 0 unspecified atom stereocenters. The van der Waals surface area contributed by atoms with Crippen molar-refractivity contribution in [2.24, 2.45) is 0 Å². The number of hydrogen-bond donors (Lipinski definition) is 1. The third kappa shape index (κ3) is 6.68. The fraction of sp³-hybridized carbons (Fsp3) is 0.269. The number of phenols is 1. The Kier molecular flexibility index (Phi) is 8.33. The van der Waals surface area contributed by atoms with Crippen LogP contribution in [0, 0.1) is 0 Å². The van der Waals surface area contributed by atoms with Gasteiger partial charge in [-0.15, -0.1) is 0 Å². The van der Waals surface area contributed by atoms with Crippen molar-refractivity contribution >= 4 is 37.6 Å². The molecule has 0 aliphatic heterocycles. The van der Waals surface area contributed by atoms with Crippen molar-refractivity contribution in [2.45, 2.75) is 39.0 Å². The van der Waals surface area contributed by atoms with Crippen LogP contribution in [0.5, 0.6) is 11.5 Å². The van der Waals surface area contributed by atoms with Gasteiger partial charge >= 0.3 is 0 Å². The highest BCUT2D eigenvalue weighted by atomic mass is 79.9. The molecular weight excluding hydrogens is 520 g/mol. The van der Waals surface area contributed by atoms with Crippen LogP contribution in [-0.4, -0.2) is 17.5 Å². The van der Waals surface area contributed by atoms with E-state index in [1.165, 1.54) is 0 Å². The number of rotatable bonds is 9. The van der Waals surface area contributed by atoms with E-state index in [2.05, 4.69) is 51.8 Å². The van der Waals surface area contributed by atoms with Gasteiger partial charge in [0.15, 0.2) is 5.78 Å². The third-order valence-electron chi connectivity index (χ3n) is 5.14. The number of aromatic hydroxyl groups is 1. The van der Waals surface area contributed by atoms with E-state index in [4.69, 9.17) is 4.74 Å². The second-order valence-electron chi connectivity index (χ2n) is 7.90. The van der Waals surface area contributed by atoms with Crippen LogP contribution in [0.4, 0.5) is 0 Å². The van der Waals surface area contributed by atoms with Crippen molar-refractivity contribution in [3.05, 3.63) is 91.9 Å². The quantitative estimate of drug-likeness (QED) is 0.309. The molecule has 0 saturated carbocycles. The molecule has 0 saturated heterocycles. The molecule has 0 aliphatic carbocycles.